The summed E-state index contributed by atoms with van der Waals surface area (Å²) < 4.78 is 10.5. The first-order chi connectivity index (χ1) is 6.72. The molecule has 2 rings (SSSR count). The molecule has 0 radical (unpaired) electrons. The summed E-state index contributed by atoms with van der Waals surface area (Å²) in [7, 11) is 1.65. The Bertz CT molecular complexity index is 451. The number of hydrogen-bond acceptors (Lipinski definition) is 3. The molecule has 4 heteroatoms. The second-order valence-corrected chi connectivity index (χ2v) is 3.34. The zero-order valence-electron chi connectivity index (χ0n) is 8.66. The van der Waals surface area contributed by atoms with Crippen LogP contribution in [0, 0.1) is 0 Å². The molecule has 82 valence electrons. The van der Waals surface area contributed by atoms with Gasteiger partial charge < -0.3 is 27.3 Å². The standard InChI is InChI=1S/C11H13NO2.ClH/c1-7(12)10-6-14-11-4-3-8(13-2)5-9(10)11;/h3-7H,12H2,1-2H3;1H/p-1. The van der Waals surface area contributed by atoms with E-state index in [4.69, 9.17) is 14.9 Å². The summed E-state index contributed by atoms with van der Waals surface area (Å²) in [4.78, 5) is 0. The molecule has 0 amide bonds. The van der Waals surface area contributed by atoms with E-state index in [-0.39, 0.29) is 18.4 Å². The third-order valence-electron chi connectivity index (χ3n) is 2.30. The fourth-order valence-electron chi connectivity index (χ4n) is 1.51. The highest BCUT2D eigenvalue weighted by Crippen LogP contribution is 2.28. The number of methoxy groups -OCH3 is 1. The Morgan fingerprint density at radius 1 is 1.40 bits per heavy atom. The quantitative estimate of drug-likeness (QED) is 0.749. The van der Waals surface area contributed by atoms with Crippen LogP contribution in [0.4, 0.5) is 0 Å². The van der Waals surface area contributed by atoms with Gasteiger partial charge in [-0.1, -0.05) is 0 Å². The molecule has 0 aliphatic carbocycles. The van der Waals surface area contributed by atoms with Crippen LogP contribution in [-0.2, 0) is 0 Å². The van der Waals surface area contributed by atoms with E-state index in [1.165, 1.54) is 0 Å². The number of ether oxygens (including phenoxy) is 1. The molecule has 1 heterocycles. The van der Waals surface area contributed by atoms with Gasteiger partial charge in [-0.25, -0.2) is 0 Å². The lowest BCUT2D eigenvalue weighted by Gasteiger charge is -2.02. The van der Waals surface area contributed by atoms with Gasteiger partial charge in [-0.3, -0.25) is 0 Å². The van der Waals surface area contributed by atoms with Crippen molar-refractivity contribution in [2.24, 2.45) is 5.73 Å². The van der Waals surface area contributed by atoms with Crippen LogP contribution in [0.1, 0.15) is 18.5 Å². The number of halogens is 1. The van der Waals surface area contributed by atoms with Gasteiger partial charge in [-0.15, -0.1) is 0 Å². The van der Waals surface area contributed by atoms with Crippen LogP contribution in [0.3, 0.4) is 0 Å². The SMILES string of the molecule is COc1ccc2occ(C(C)N)c2c1.[Cl-]. The lowest BCUT2D eigenvalue weighted by molar-refractivity contribution is -0.00000377. The first-order valence-electron chi connectivity index (χ1n) is 4.53. The number of nitrogens with two attached hydrogens (primary N) is 1. The lowest BCUT2D eigenvalue weighted by atomic mass is 10.1. The smallest absolute Gasteiger partial charge is 0.134 e. The zero-order valence-corrected chi connectivity index (χ0v) is 9.41. The monoisotopic (exact) mass is 226 g/mol. The van der Waals surface area contributed by atoms with Gasteiger partial charge >= 0.3 is 0 Å². The molecule has 1 aromatic carbocycles. The summed E-state index contributed by atoms with van der Waals surface area (Å²) in [5.74, 6) is 0.820. The zero-order chi connectivity index (χ0) is 10.1. The first-order valence-corrected chi connectivity index (χ1v) is 4.53. The molecular formula is C11H13ClNO2-. The molecule has 1 unspecified atom stereocenters. The molecule has 3 nitrogen and oxygen atoms in total. The van der Waals surface area contributed by atoms with Crippen molar-refractivity contribution < 1.29 is 21.6 Å². The first kappa shape index (κ1) is 11.9. The highest BCUT2D eigenvalue weighted by molar-refractivity contribution is 5.83. The second kappa shape index (κ2) is 4.55. The van der Waals surface area contributed by atoms with Gasteiger partial charge in [-0.05, 0) is 25.1 Å². The molecule has 15 heavy (non-hydrogen) atoms. The number of rotatable bonds is 2. The van der Waals surface area contributed by atoms with Crippen LogP contribution < -0.4 is 22.9 Å². The van der Waals surface area contributed by atoms with Gasteiger partial charge in [-0.2, -0.15) is 0 Å². The predicted octanol–water partition coefficient (Wildman–Crippen LogP) is -0.535. The Morgan fingerprint density at radius 2 is 2.13 bits per heavy atom. The predicted molar refractivity (Wildman–Crippen MR) is 55.4 cm³/mol. The van der Waals surface area contributed by atoms with Gasteiger partial charge in [0.2, 0.25) is 0 Å². The Balaban J connectivity index is 0.00000112. The van der Waals surface area contributed by atoms with E-state index < -0.39 is 0 Å². The third-order valence-corrected chi connectivity index (χ3v) is 2.30. The molecular weight excluding hydrogens is 214 g/mol. The minimum Gasteiger partial charge on any atom is -1.00 e. The van der Waals surface area contributed by atoms with E-state index in [2.05, 4.69) is 0 Å². The second-order valence-electron chi connectivity index (χ2n) is 3.34. The van der Waals surface area contributed by atoms with Crippen LogP contribution in [-0.4, -0.2) is 7.11 Å². The normalized spacial score (nSPS) is 12.2. The van der Waals surface area contributed by atoms with E-state index in [9.17, 15) is 0 Å². The molecule has 0 bridgehead atoms. The van der Waals surface area contributed by atoms with Crippen LogP contribution in [0.2, 0.25) is 0 Å². The Labute approximate surface area is 94.6 Å². The molecule has 2 N–H and O–H groups in total. The number of hydrogen-bond donors (Lipinski definition) is 1. The number of furan rings is 1. The van der Waals surface area contributed by atoms with Crippen molar-refractivity contribution in [1.29, 1.82) is 0 Å². The molecule has 2 aromatic rings. The Hall–Kier alpha value is -1.19. The maximum Gasteiger partial charge on any atom is 0.134 e. The number of benzene rings is 1. The van der Waals surface area contributed by atoms with Crippen molar-refractivity contribution in [3.63, 3.8) is 0 Å². The minimum absolute atomic E-state index is 0. The maximum absolute atomic E-state index is 5.81. The minimum atomic E-state index is -0.0247. The Kier molecular flexibility index (Phi) is 3.61. The van der Waals surface area contributed by atoms with Crippen molar-refractivity contribution in [2.75, 3.05) is 7.11 Å². The summed E-state index contributed by atoms with van der Waals surface area (Å²) in [6.45, 7) is 1.93. The molecule has 0 saturated carbocycles. The largest absolute Gasteiger partial charge is 1.00 e. The highest BCUT2D eigenvalue weighted by atomic mass is 35.5. The maximum atomic E-state index is 5.81. The van der Waals surface area contributed by atoms with Crippen LogP contribution in [0.25, 0.3) is 11.0 Å². The Morgan fingerprint density at radius 3 is 2.73 bits per heavy atom. The van der Waals surface area contributed by atoms with Crippen LogP contribution in [0.5, 0.6) is 5.75 Å². The van der Waals surface area contributed by atoms with E-state index in [1.54, 1.807) is 13.4 Å². The molecule has 0 aliphatic rings. The van der Waals surface area contributed by atoms with Gasteiger partial charge in [0.25, 0.3) is 0 Å². The summed E-state index contributed by atoms with van der Waals surface area (Å²) >= 11 is 0. The molecule has 1 atom stereocenters. The van der Waals surface area contributed by atoms with Crippen molar-refractivity contribution in [1.82, 2.24) is 0 Å². The topological polar surface area (TPSA) is 48.4 Å². The van der Waals surface area contributed by atoms with E-state index in [0.29, 0.717) is 0 Å². The van der Waals surface area contributed by atoms with Crippen molar-refractivity contribution in [3.8, 4) is 5.75 Å². The van der Waals surface area contributed by atoms with E-state index in [0.717, 1.165) is 22.3 Å². The summed E-state index contributed by atoms with van der Waals surface area (Å²) in [5.41, 5.74) is 7.67. The summed E-state index contributed by atoms with van der Waals surface area (Å²) in [6, 6.07) is 5.68. The van der Waals surface area contributed by atoms with Crippen molar-refractivity contribution in [3.05, 3.63) is 30.0 Å². The fraction of sp³-hybridized carbons (Fsp3) is 0.273. The van der Waals surface area contributed by atoms with Gasteiger partial charge in [0, 0.05) is 17.0 Å². The highest BCUT2D eigenvalue weighted by Gasteiger charge is 2.09. The molecule has 0 saturated heterocycles. The molecule has 1 aromatic heterocycles. The van der Waals surface area contributed by atoms with E-state index in [1.807, 2.05) is 25.1 Å². The van der Waals surface area contributed by atoms with Crippen LogP contribution in [0.15, 0.2) is 28.9 Å². The average molecular weight is 227 g/mol. The van der Waals surface area contributed by atoms with Gasteiger partial charge in [0.05, 0.1) is 13.4 Å². The molecule has 0 spiro atoms. The summed E-state index contributed by atoms with van der Waals surface area (Å²) in [5, 5.41) is 1.03. The van der Waals surface area contributed by atoms with Gasteiger partial charge in [0.1, 0.15) is 11.3 Å². The lowest BCUT2D eigenvalue weighted by Crippen LogP contribution is -3.00. The van der Waals surface area contributed by atoms with Crippen molar-refractivity contribution >= 4 is 11.0 Å². The van der Waals surface area contributed by atoms with E-state index >= 15 is 0 Å². The fourth-order valence-corrected chi connectivity index (χ4v) is 1.51. The van der Waals surface area contributed by atoms with Gasteiger partial charge in [0.15, 0.2) is 0 Å². The van der Waals surface area contributed by atoms with Crippen molar-refractivity contribution in [2.45, 2.75) is 13.0 Å². The number of fused-ring (bicyclic) bond motifs is 1. The average Bonchev–Trinajstić information content (AvgIpc) is 2.59. The third kappa shape index (κ3) is 2.08. The summed E-state index contributed by atoms with van der Waals surface area (Å²) in [6.07, 6.45) is 1.70. The molecule has 0 fully saturated rings. The molecule has 0 aliphatic heterocycles. The van der Waals surface area contributed by atoms with Crippen LogP contribution >= 0.6 is 0 Å².